The van der Waals surface area contributed by atoms with Crippen molar-refractivity contribution in [3.63, 3.8) is 0 Å². The lowest BCUT2D eigenvalue weighted by Gasteiger charge is -2.38. The minimum absolute atomic E-state index is 0.0125. The third kappa shape index (κ3) is 7.02. The summed E-state index contributed by atoms with van der Waals surface area (Å²) in [6, 6.07) is 21.0. The van der Waals surface area contributed by atoms with E-state index in [9.17, 15) is 9.59 Å². The number of amides is 3. The highest BCUT2D eigenvalue weighted by molar-refractivity contribution is 6.04. The number of urea groups is 1. The summed E-state index contributed by atoms with van der Waals surface area (Å²) in [5.41, 5.74) is 4.93. The lowest BCUT2D eigenvalue weighted by atomic mass is 10.0. The van der Waals surface area contributed by atoms with Gasteiger partial charge in [-0.15, -0.1) is 0 Å². The van der Waals surface area contributed by atoms with E-state index in [1.165, 1.54) is 5.56 Å². The van der Waals surface area contributed by atoms with Crippen molar-refractivity contribution in [2.75, 3.05) is 53.7 Å². The van der Waals surface area contributed by atoms with Crippen LogP contribution in [0.4, 0.5) is 27.5 Å². The zero-order valence-corrected chi connectivity index (χ0v) is 23.5. The molecule has 8 nitrogen and oxygen atoms in total. The van der Waals surface area contributed by atoms with Gasteiger partial charge in [0.25, 0.3) is 5.91 Å². The number of hydrogen-bond donors (Lipinski definition) is 3. The minimum Gasteiger partial charge on any atom is -0.495 e. The molecular weight excluding hydrogens is 490 g/mol. The van der Waals surface area contributed by atoms with Crippen molar-refractivity contribution in [2.45, 2.75) is 39.7 Å². The molecule has 0 spiro atoms. The van der Waals surface area contributed by atoms with E-state index < -0.39 is 0 Å². The molecule has 1 saturated heterocycles. The number of anilines is 4. The first-order valence-electron chi connectivity index (χ1n) is 13.5. The number of carbonyl (C=O) groups excluding carboxylic acids is 2. The van der Waals surface area contributed by atoms with Gasteiger partial charge in [-0.1, -0.05) is 38.1 Å². The highest BCUT2D eigenvalue weighted by Gasteiger charge is 2.24. The number of nitrogens with one attached hydrogen (secondary N) is 3. The molecule has 0 aromatic heterocycles. The largest absolute Gasteiger partial charge is 0.495 e. The lowest BCUT2D eigenvalue weighted by Crippen LogP contribution is -2.47. The summed E-state index contributed by atoms with van der Waals surface area (Å²) >= 11 is 0. The fraction of sp³-hybridized carbons (Fsp3) is 0.355. The predicted molar refractivity (Wildman–Crippen MR) is 160 cm³/mol. The van der Waals surface area contributed by atoms with Crippen molar-refractivity contribution in [3.05, 3.63) is 77.9 Å². The molecule has 0 atom stereocenters. The highest BCUT2D eigenvalue weighted by atomic mass is 16.5. The van der Waals surface area contributed by atoms with E-state index in [-0.39, 0.29) is 18.0 Å². The Hall–Kier alpha value is -4.20. The van der Waals surface area contributed by atoms with Gasteiger partial charge in [-0.25, -0.2) is 4.79 Å². The Morgan fingerprint density at radius 1 is 0.769 bits per heavy atom. The molecule has 0 radical (unpaired) electrons. The molecule has 0 bridgehead atoms. The van der Waals surface area contributed by atoms with Crippen LogP contribution in [0.2, 0.25) is 0 Å². The number of methoxy groups -OCH3 is 1. The number of ether oxygens (including phenoxy) is 1. The molecule has 39 heavy (non-hydrogen) atoms. The molecule has 3 amide bonds. The number of rotatable bonds is 8. The molecule has 0 aliphatic carbocycles. The average molecular weight is 530 g/mol. The topological polar surface area (TPSA) is 85.9 Å². The fourth-order valence-corrected chi connectivity index (χ4v) is 4.74. The van der Waals surface area contributed by atoms with E-state index in [1.807, 2.05) is 68.4 Å². The van der Waals surface area contributed by atoms with Crippen LogP contribution < -0.4 is 30.5 Å². The Balaban J connectivity index is 1.48. The van der Waals surface area contributed by atoms with Gasteiger partial charge in [-0.2, -0.15) is 0 Å². The van der Waals surface area contributed by atoms with Crippen molar-refractivity contribution in [1.29, 1.82) is 0 Å². The predicted octanol–water partition coefficient (Wildman–Crippen LogP) is 5.93. The molecule has 3 aromatic rings. The number of benzene rings is 3. The summed E-state index contributed by atoms with van der Waals surface area (Å²) in [6.45, 7) is 11.2. The van der Waals surface area contributed by atoms with Crippen LogP contribution in [0.3, 0.4) is 0 Å². The van der Waals surface area contributed by atoms with Gasteiger partial charge in [-0.3, -0.25) is 4.79 Å². The minimum atomic E-state index is -0.360. The van der Waals surface area contributed by atoms with Gasteiger partial charge < -0.3 is 30.5 Å². The Kier molecular flexibility index (Phi) is 8.96. The highest BCUT2D eigenvalue weighted by Crippen LogP contribution is 2.31. The molecule has 0 saturated carbocycles. The summed E-state index contributed by atoms with van der Waals surface area (Å²) in [5.74, 6) is 1.11. The Morgan fingerprint density at radius 2 is 1.36 bits per heavy atom. The second-order valence-electron chi connectivity index (χ2n) is 10.4. The van der Waals surface area contributed by atoms with Crippen molar-refractivity contribution < 1.29 is 14.3 Å². The maximum absolute atomic E-state index is 13.2. The van der Waals surface area contributed by atoms with E-state index in [2.05, 4.69) is 45.7 Å². The number of nitrogens with zero attached hydrogens (tertiary/aromatic N) is 2. The summed E-state index contributed by atoms with van der Waals surface area (Å²) in [6.07, 6.45) is 0. The number of piperazine rings is 1. The quantitative estimate of drug-likeness (QED) is 0.337. The summed E-state index contributed by atoms with van der Waals surface area (Å²) in [5, 5.41) is 8.75. The first-order chi connectivity index (χ1) is 18.7. The van der Waals surface area contributed by atoms with Gasteiger partial charge in [0.1, 0.15) is 5.75 Å². The number of para-hydroxylation sites is 2. The van der Waals surface area contributed by atoms with Crippen LogP contribution in [-0.4, -0.2) is 51.3 Å². The molecule has 206 valence electrons. The van der Waals surface area contributed by atoms with Crippen molar-refractivity contribution in [2.24, 2.45) is 0 Å². The Bertz CT molecular complexity index is 1280. The van der Waals surface area contributed by atoms with E-state index in [1.54, 1.807) is 13.2 Å². The maximum atomic E-state index is 13.2. The van der Waals surface area contributed by atoms with Gasteiger partial charge in [0.2, 0.25) is 0 Å². The third-order valence-electron chi connectivity index (χ3n) is 6.80. The van der Waals surface area contributed by atoms with E-state index in [4.69, 9.17) is 4.74 Å². The van der Waals surface area contributed by atoms with Crippen molar-refractivity contribution in [3.8, 4) is 5.75 Å². The third-order valence-corrected chi connectivity index (χ3v) is 6.80. The van der Waals surface area contributed by atoms with Gasteiger partial charge in [0.15, 0.2) is 0 Å². The SMILES string of the molecule is COc1ccccc1N1CCN(c2ccc(NC(=O)Nc3ccc(C(C)C)cc3)cc2C(=O)NC(C)C)CC1. The second-order valence-corrected chi connectivity index (χ2v) is 10.4. The van der Waals surface area contributed by atoms with Crippen molar-refractivity contribution >= 4 is 34.7 Å². The van der Waals surface area contributed by atoms with Crippen LogP contribution in [0.25, 0.3) is 0 Å². The molecule has 4 rings (SSSR count). The standard InChI is InChI=1S/C31H39N5O3/c1-21(2)23-10-12-24(13-11-23)33-31(38)34-25-14-15-27(26(20-25)30(37)32-22(3)4)35-16-18-36(19-17-35)28-8-6-7-9-29(28)39-5/h6-15,20-22H,16-19H2,1-5H3,(H,32,37)(H2,33,34,38). The summed E-state index contributed by atoms with van der Waals surface area (Å²) in [4.78, 5) is 30.5. The lowest BCUT2D eigenvalue weighted by molar-refractivity contribution is 0.0943. The van der Waals surface area contributed by atoms with Crippen LogP contribution in [-0.2, 0) is 0 Å². The van der Waals surface area contributed by atoms with Crippen molar-refractivity contribution in [1.82, 2.24) is 5.32 Å². The first-order valence-corrected chi connectivity index (χ1v) is 13.5. The molecular formula is C31H39N5O3. The zero-order chi connectivity index (χ0) is 27.9. The normalized spacial score (nSPS) is 13.4. The van der Waals surface area contributed by atoms with Crippen LogP contribution >= 0.6 is 0 Å². The van der Waals surface area contributed by atoms with Gasteiger partial charge >= 0.3 is 6.03 Å². The number of hydrogen-bond acceptors (Lipinski definition) is 5. The molecule has 1 aliphatic heterocycles. The van der Waals surface area contributed by atoms with E-state index >= 15 is 0 Å². The molecule has 1 fully saturated rings. The van der Waals surface area contributed by atoms with Gasteiger partial charge in [0, 0.05) is 49.3 Å². The molecule has 0 unspecified atom stereocenters. The van der Waals surface area contributed by atoms with Crippen LogP contribution in [0.1, 0.15) is 49.5 Å². The Morgan fingerprint density at radius 3 is 1.97 bits per heavy atom. The zero-order valence-electron chi connectivity index (χ0n) is 23.5. The fourth-order valence-electron chi connectivity index (χ4n) is 4.74. The Labute approximate surface area is 231 Å². The molecule has 1 heterocycles. The van der Waals surface area contributed by atoms with E-state index in [0.29, 0.717) is 22.9 Å². The first kappa shape index (κ1) is 27.8. The average Bonchev–Trinajstić information content (AvgIpc) is 2.93. The summed E-state index contributed by atoms with van der Waals surface area (Å²) < 4.78 is 5.55. The van der Waals surface area contributed by atoms with Gasteiger partial charge in [-0.05, 0) is 67.8 Å². The molecule has 3 aromatic carbocycles. The second kappa shape index (κ2) is 12.6. The van der Waals surface area contributed by atoms with Crippen LogP contribution in [0.15, 0.2) is 66.7 Å². The van der Waals surface area contributed by atoms with Crippen LogP contribution in [0.5, 0.6) is 5.75 Å². The summed E-state index contributed by atoms with van der Waals surface area (Å²) in [7, 11) is 1.69. The smallest absolute Gasteiger partial charge is 0.323 e. The van der Waals surface area contributed by atoms with E-state index in [0.717, 1.165) is 43.3 Å². The number of carbonyl (C=O) groups is 2. The molecule has 1 aliphatic rings. The van der Waals surface area contributed by atoms with Crippen LogP contribution in [0, 0.1) is 0 Å². The maximum Gasteiger partial charge on any atom is 0.323 e. The molecule has 3 N–H and O–H groups in total. The monoisotopic (exact) mass is 529 g/mol. The van der Waals surface area contributed by atoms with Gasteiger partial charge in [0.05, 0.1) is 18.4 Å². The molecule has 8 heteroatoms.